The maximum absolute atomic E-state index is 12.6. The van der Waals surface area contributed by atoms with Crippen LogP contribution in [0.1, 0.15) is 41.5 Å². The minimum Gasteiger partial charge on any atom is -0.314 e. The molecule has 0 radical (unpaired) electrons. The van der Waals surface area contributed by atoms with Crippen LogP contribution >= 0.6 is 11.3 Å². The molecule has 0 atom stereocenters. The van der Waals surface area contributed by atoms with Gasteiger partial charge in [-0.15, -0.1) is 11.3 Å². The van der Waals surface area contributed by atoms with Crippen LogP contribution in [0.15, 0.2) is 60.7 Å². The number of fused-ring (bicyclic) bond motifs is 2. The predicted octanol–water partition coefficient (Wildman–Crippen LogP) is 3.78. The monoisotopic (exact) mass is 333 g/mol. The number of amides is 1. The highest BCUT2D eigenvalue weighted by molar-refractivity contribution is 7.18. The van der Waals surface area contributed by atoms with Crippen LogP contribution in [0, 0.1) is 0 Å². The standard InChI is InChI=1S/C19H11NO3S/c21-16-12-8-4-5-9-13(12)17(22)18-14(16)10-15(24-18)20-19(23)11-6-2-1-3-7-11/h1-10H,(H,20,23). The van der Waals surface area contributed by atoms with Gasteiger partial charge in [0.25, 0.3) is 5.91 Å². The molecular formula is C19H11NO3S. The normalized spacial score (nSPS) is 12.5. The van der Waals surface area contributed by atoms with E-state index in [1.807, 2.05) is 6.07 Å². The van der Waals surface area contributed by atoms with E-state index in [2.05, 4.69) is 5.32 Å². The second-order valence-corrected chi connectivity index (χ2v) is 6.43. The lowest BCUT2D eigenvalue weighted by molar-refractivity contribution is 0.0982. The van der Waals surface area contributed by atoms with E-state index in [1.54, 1.807) is 54.6 Å². The van der Waals surface area contributed by atoms with E-state index >= 15 is 0 Å². The third kappa shape index (κ3) is 2.26. The van der Waals surface area contributed by atoms with Crippen molar-refractivity contribution in [1.29, 1.82) is 0 Å². The maximum atomic E-state index is 12.6. The van der Waals surface area contributed by atoms with Gasteiger partial charge in [-0.3, -0.25) is 14.4 Å². The molecule has 1 N–H and O–H groups in total. The first kappa shape index (κ1) is 14.5. The van der Waals surface area contributed by atoms with Gasteiger partial charge >= 0.3 is 0 Å². The molecular weight excluding hydrogens is 322 g/mol. The van der Waals surface area contributed by atoms with Crippen molar-refractivity contribution in [2.45, 2.75) is 0 Å². The van der Waals surface area contributed by atoms with Crippen molar-refractivity contribution in [3.63, 3.8) is 0 Å². The average Bonchev–Trinajstić information content (AvgIpc) is 3.04. The summed E-state index contributed by atoms with van der Waals surface area (Å²) in [6.45, 7) is 0. The second kappa shape index (κ2) is 5.54. The lowest BCUT2D eigenvalue weighted by Crippen LogP contribution is -2.18. The number of benzene rings is 2. The Bertz CT molecular complexity index is 936. The number of nitrogens with one attached hydrogen (secondary N) is 1. The topological polar surface area (TPSA) is 63.2 Å². The Morgan fingerprint density at radius 1 is 0.792 bits per heavy atom. The van der Waals surface area contributed by atoms with Crippen LogP contribution in [0.4, 0.5) is 5.00 Å². The summed E-state index contributed by atoms with van der Waals surface area (Å²) < 4.78 is 0. The van der Waals surface area contributed by atoms with E-state index in [0.717, 1.165) is 11.3 Å². The van der Waals surface area contributed by atoms with Gasteiger partial charge < -0.3 is 5.32 Å². The molecule has 0 bridgehead atoms. The Labute approximate surface area is 141 Å². The number of carbonyl (C=O) groups excluding carboxylic acids is 3. The number of ketones is 2. The fraction of sp³-hybridized carbons (Fsp3) is 0. The molecule has 1 aliphatic rings. The zero-order chi connectivity index (χ0) is 16.7. The SMILES string of the molecule is O=C(Nc1cc2c(s1)C(=O)c1ccccc1C2=O)c1ccccc1. The molecule has 3 aromatic rings. The molecule has 116 valence electrons. The number of carbonyl (C=O) groups is 3. The quantitative estimate of drug-likeness (QED) is 0.607. The molecule has 4 rings (SSSR count). The van der Waals surface area contributed by atoms with Crippen LogP contribution < -0.4 is 5.32 Å². The summed E-state index contributed by atoms with van der Waals surface area (Å²) in [6.07, 6.45) is 0. The molecule has 0 spiro atoms. The van der Waals surface area contributed by atoms with Gasteiger partial charge in [-0.05, 0) is 18.2 Å². The minimum absolute atomic E-state index is 0.176. The summed E-state index contributed by atoms with van der Waals surface area (Å²) in [6, 6.07) is 17.1. The van der Waals surface area contributed by atoms with Gasteiger partial charge in [-0.1, -0.05) is 42.5 Å². The second-order valence-electron chi connectivity index (χ2n) is 5.38. The van der Waals surface area contributed by atoms with Gasteiger partial charge in [0.2, 0.25) is 5.78 Å². The zero-order valence-corrected chi connectivity index (χ0v) is 13.2. The Morgan fingerprint density at radius 2 is 1.42 bits per heavy atom. The van der Waals surface area contributed by atoms with Crippen LogP contribution in [-0.2, 0) is 0 Å². The van der Waals surface area contributed by atoms with E-state index < -0.39 is 0 Å². The lowest BCUT2D eigenvalue weighted by Gasteiger charge is -2.12. The maximum Gasteiger partial charge on any atom is 0.256 e. The number of hydrogen-bond acceptors (Lipinski definition) is 4. The Balaban J connectivity index is 1.69. The summed E-state index contributed by atoms with van der Waals surface area (Å²) in [4.78, 5) is 37.7. The molecule has 1 aliphatic carbocycles. The lowest BCUT2D eigenvalue weighted by atomic mass is 9.89. The fourth-order valence-electron chi connectivity index (χ4n) is 2.71. The molecule has 5 heteroatoms. The van der Waals surface area contributed by atoms with Crippen LogP contribution in [0.2, 0.25) is 0 Å². The van der Waals surface area contributed by atoms with Gasteiger partial charge in [0.05, 0.1) is 9.88 Å². The molecule has 1 aromatic heterocycles. The Morgan fingerprint density at radius 3 is 2.12 bits per heavy atom. The van der Waals surface area contributed by atoms with Crippen molar-refractivity contribution in [3.05, 3.63) is 87.8 Å². The number of thiophene rings is 1. The predicted molar refractivity (Wildman–Crippen MR) is 92.0 cm³/mol. The van der Waals surface area contributed by atoms with Crippen molar-refractivity contribution < 1.29 is 14.4 Å². The highest BCUT2D eigenvalue weighted by Gasteiger charge is 2.31. The molecule has 0 aliphatic heterocycles. The molecule has 1 heterocycles. The molecule has 0 fully saturated rings. The third-order valence-electron chi connectivity index (χ3n) is 3.87. The molecule has 4 nitrogen and oxygen atoms in total. The van der Waals surface area contributed by atoms with Gasteiger partial charge in [0.15, 0.2) is 5.78 Å². The van der Waals surface area contributed by atoms with Crippen LogP contribution in [0.25, 0.3) is 0 Å². The summed E-state index contributed by atoms with van der Waals surface area (Å²) in [5.74, 6) is -0.631. The molecule has 2 aromatic carbocycles. The highest BCUT2D eigenvalue weighted by Crippen LogP contribution is 2.35. The van der Waals surface area contributed by atoms with Crippen molar-refractivity contribution in [2.75, 3.05) is 5.32 Å². The summed E-state index contributed by atoms with van der Waals surface area (Å²) in [5, 5.41) is 3.25. The van der Waals surface area contributed by atoms with Gasteiger partial charge in [-0.2, -0.15) is 0 Å². The van der Waals surface area contributed by atoms with E-state index in [4.69, 9.17) is 0 Å². The number of hydrogen-bond donors (Lipinski definition) is 1. The summed E-state index contributed by atoms with van der Waals surface area (Å²) in [7, 11) is 0. The zero-order valence-electron chi connectivity index (χ0n) is 12.4. The first-order valence-corrected chi connectivity index (χ1v) is 8.15. The van der Waals surface area contributed by atoms with E-state index in [9.17, 15) is 14.4 Å². The van der Waals surface area contributed by atoms with Crippen molar-refractivity contribution in [2.24, 2.45) is 0 Å². The Hall–Kier alpha value is -3.05. The molecule has 0 saturated heterocycles. The smallest absolute Gasteiger partial charge is 0.256 e. The number of rotatable bonds is 2. The largest absolute Gasteiger partial charge is 0.314 e. The van der Waals surface area contributed by atoms with Gasteiger partial charge in [0.1, 0.15) is 0 Å². The summed E-state index contributed by atoms with van der Waals surface area (Å²) >= 11 is 1.13. The van der Waals surface area contributed by atoms with Gasteiger partial charge in [-0.25, -0.2) is 0 Å². The van der Waals surface area contributed by atoms with E-state index in [1.165, 1.54) is 0 Å². The molecule has 1 amide bonds. The van der Waals surface area contributed by atoms with Crippen LogP contribution in [0.5, 0.6) is 0 Å². The Kier molecular flexibility index (Phi) is 3.36. The first-order chi connectivity index (χ1) is 11.6. The van der Waals surface area contributed by atoms with Crippen molar-refractivity contribution >= 4 is 33.8 Å². The fourth-order valence-corrected chi connectivity index (χ4v) is 3.71. The first-order valence-electron chi connectivity index (χ1n) is 7.34. The van der Waals surface area contributed by atoms with Gasteiger partial charge in [0, 0.05) is 22.3 Å². The minimum atomic E-state index is -0.272. The van der Waals surface area contributed by atoms with Crippen molar-refractivity contribution in [1.82, 2.24) is 0 Å². The average molecular weight is 333 g/mol. The van der Waals surface area contributed by atoms with Crippen LogP contribution in [0.3, 0.4) is 0 Å². The van der Waals surface area contributed by atoms with E-state index in [0.29, 0.717) is 32.1 Å². The van der Waals surface area contributed by atoms with Crippen molar-refractivity contribution in [3.8, 4) is 0 Å². The van der Waals surface area contributed by atoms with E-state index in [-0.39, 0.29) is 17.5 Å². The summed E-state index contributed by atoms with van der Waals surface area (Å²) in [5.41, 5.74) is 1.70. The van der Waals surface area contributed by atoms with Crippen LogP contribution in [-0.4, -0.2) is 17.5 Å². The third-order valence-corrected chi connectivity index (χ3v) is 4.92. The molecule has 24 heavy (non-hydrogen) atoms. The highest BCUT2D eigenvalue weighted by atomic mass is 32.1. The molecule has 0 saturated carbocycles. The molecule has 0 unspecified atom stereocenters. The number of anilines is 1.